The molecule has 0 unspecified atom stereocenters. The predicted molar refractivity (Wildman–Crippen MR) is 60.6 cm³/mol. The van der Waals surface area contributed by atoms with E-state index in [2.05, 4.69) is 4.74 Å². The maximum absolute atomic E-state index is 11.5. The van der Waals surface area contributed by atoms with Crippen molar-refractivity contribution in [2.24, 2.45) is 0 Å². The summed E-state index contributed by atoms with van der Waals surface area (Å²) in [6, 6.07) is 5.19. The van der Waals surface area contributed by atoms with E-state index in [1.165, 1.54) is 0 Å². The van der Waals surface area contributed by atoms with Crippen molar-refractivity contribution in [3.05, 3.63) is 29.3 Å². The standard InChI is InChI=1S/C11H12O4Si/c1-6(2)15-16-8-5-3-4-7-9(8)11(13)14-10(7)12/h3-6H,16H2,1-2H3. The second-order valence-corrected chi connectivity index (χ2v) is 5.26. The van der Waals surface area contributed by atoms with Gasteiger partial charge in [0.15, 0.2) is 9.76 Å². The second kappa shape index (κ2) is 4.19. The number of benzene rings is 1. The molecule has 1 aliphatic rings. The molecule has 84 valence electrons. The Morgan fingerprint density at radius 2 is 2.00 bits per heavy atom. The summed E-state index contributed by atoms with van der Waals surface area (Å²) < 4.78 is 10.1. The molecule has 0 saturated carbocycles. The summed E-state index contributed by atoms with van der Waals surface area (Å²) in [6.07, 6.45) is 0.135. The topological polar surface area (TPSA) is 52.6 Å². The molecule has 0 N–H and O–H groups in total. The Balaban J connectivity index is 2.34. The molecule has 0 fully saturated rings. The van der Waals surface area contributed by atoms with Gasteiger partial charge in [-0.3, -0.25) is 0 Å². The zero-order valence-corrected chi connectivity index (χ0v) is 10.6. The van der Waals surface area contributed by atoms with Gasteiger partial charge in [-0.25, -0.2) is 9.59 Å². The lowest BCUT2D eigenvalue weighted by molar-refractivity contribution is 0.0444. The molecule has 1 aromatic carbocycles. The first-order chi connectivity index (χ1) is 7.59. The number of ether oxygens (including phenoxy) is 1. The van der Waals surface area contributed by atoms with Crippen molar-refractivity contribution in [2.75, 3.05) is 0 Å². The van der Waals surface area contributed by atoms with Crippen molar-refractivity contribution < 1.29 is 18.8 Å². The third-order valence-electron chi connectivity index (χ3n) is 2.33. The minimum Gasteiger partial charge on any atom is -0.416 e. The smallest absolute Gasteiger partial charge is 0.346 e. The number of esters is 2. The zero-order chi connectivity index (χ0) is 11.7. The normalized spacial score (nSPS) is 14.9. The van der Waals surface area contributed by atoms with Crippen molar-refractivity contribution in [3.8, 4) is 0 Å². The molecule has 0 spiro atoms. The lowest BCUT2D eigenvalue weighted by Gasteiger charge is -2.08. The second-order valence-electron chi connectivity index (χ2n) is 3.88. The van der Waals surface area contributed by atoms with Crippen molar-refractivity contribution in [2.45, 2.75) is 20.0 Å². The molecule has 0 amide bonds. The number of fused-ring (bicyclic) bond motifs is 1. The third-order valence-corrected chi connectivity index (χ3v) is 4.07. The maximum atomic E-state index is 11.5. The van der Waals surface area contributed by atoms with Crippen LogP contribution >= 0.6 is 0 Å². The minimum absolute atomic E-state index is 0.135. The predicted octanol–water partition coefficient (Wildman–Crippen LogP) is 0.131. The van der Waals surface area contributed by atoms with E-state index in [1.807, 2.05) is 19.9 Å². The van der Waals surface area contributed by atoms with Gasteiger partial charge in [-0.15, -0.1) is 0 Å². The van der Waals surface area contributed by atoms with Gasteiger partial charge in [-0.2, -0.15) is 0 Å². The Hall–Kier alpha value is -1.46. The average Bonchev–Trinajstić information content (AvgIpc) is 2.52. The Morgan fingerprint density at radius 3 is 2.69 bits per heavy atom. The van der Waals surface area contributed by atoms with Crippen LogP contribution in [0.1, 0.15) is 34.6 Å². The maximum Gasteiger partial charge on any atom is 0.346 e. The highest BCUT2D eigenvalue weighted by atomic mass is 28.2. The number of cyclic esters (lactones) is 2. The highest BCUT2D eigenvalue weighted by Gasteiger charge is 2.31. The number of carbonyl (C=O) groups excluding carboxylic acids is 2. The van der Waals surface area contributed by atoms with Gasteiger partial charge in [0.05, 0.1) is 11.1 Å². The number of rotatable bonds is 3. The van der Waals surface area contributed by atoms with E-state index in [4.69, 9.17) is 4.43 Å². The molecule has 1 heterocycles. The van der Waals surface area contributed by atoms with Gasteiger partial charge in [0.1, 0.15) is 0 Å². The summed E-state index contributed by atoms with van der Waals surface area (Å²) in [5.41, 5.74) is 0.766. The largest absolute Gasteiger partial charge is 0.416 e. The van der Waals surface area contributed by atoms with Crippen LogP contribution in [0.5, 0.6) is 0 Å². The Labute approximate surface area is 95.5 Å². The summed E-state index contributed by atoms with van der Waals surface area (Å²) in [5, 5.41) is 0.835. The lowest BCUT2D eigenvalue weighted by atomic mass is 10.1. The molecular formula is C11H12O4Si. The molecule has 16 heavy (non-hydrogen) atoms. The first kappa shape index (κ1) is 11.0. The van der Waals surface area contributed by atoms with Crippen molar-refractivity contribution in [1.82, 2.24) is 0 Å². The van der Waals surface area contributed by atoms with Crippen LogP contribution < -0.4 is 5.19 Å². The van der Waals surface area contributed by atoms with Gasteiger partial charge in [-0.1, -0.05) is 12.1 Å². The summed E-state index contributed by atoms with van der Waals surface area (Å²) in [6.45, 7) is 3.89. The van der Waals surface area contributed by atoms with Crippen molar-refractivity contribution in [3.63, 3.8) is 0 Å². The monoisotopic (exact) mass is 236 g/mol. The van der Waals surface area contributed by atoms with Crippen molar-refractivity contribution >= 4 is 26.9 Å². The molecule has 2 rings (SSSR count). The summed E-state index contributed by atoms with van der Waals surface area (Å²) >= 11 is 0. The quantitative estimate of drug-likeness (QED) is 0.425. The third kappa shape index (κ3) is 1.91. The summed E-state index contributed by atoms with van der Waals surface area (Å²) in [7, 11) is -0.988. The lowest BCUT2D eigenvalue weighted by Crippen LogP contribution is -2.26. The highest BCUT2D eigenvalue weighted by Crippen LogP contribution is 2.17. The molecule has 0 saturated heterocycles. The molecule has 0 bridgehead atoms. The van der Waals surface area contributed by atoms with Crippen LogP contribution in [0.4, 0.5) is 0 Å². The van der Waals surface area contributed by atoms with Gasteiger partial charge < -0.3 is 9.16 Å². The molecule has 5 heteroatoms. The van der Waals surface area contributed by atoms with Gasteiger partial charge >= 0.3 is 11.9 Å². The van der Waals surface area contributed by atoms with E-state index in [0.29, 0.717) is 11.1 Å². The van der Waals surface area contributed by atoms with Crippen LogP contribution in [0.25, 0.3) is 0 Å². The van der Waals surface area contributed by atoms with E-state index in [0.717, 1.165) is 5.19 Å². The van der Waals surface area contributed by atoms with Crippen molar-refractivity contribution in [1.29, 1.82) is 0 Å². The molecule has 4 nitrogen and oxygen atoms in total. The van der Waals surface area contributed by atoms with Crippen LogP contribution in [0.15, 0.2) is 18.2 Å². The van der Waals surface area contributed by atoms with Crippen LogP contribution in [-0.4, -0.2) is 27.8 Å². The fourth-order valence-corrected chi connectivity index (χ4v) is 2.80. The van der Waals surface area contributed by atoms with Gasteiger partial charge in [-0.05, 0) is 25.1 Å². The molecule has 1 aromatic rings. The first-order valence-electron chi connectivity index (χ1n) is 5.09. The molecule has 0 aromatic heterocycles. The summed E-state index contributed by atoms with van der Waals surface area (Å²) in [5.74, 6) is -1.10. The molecular weight excluding hydrogens is 224 g/mol. The highest BCUT2D eigenvalue weighted by molar-refractivity contribution is 6.50. The molecule has 0 atom stereocenters. The van der Waals surface area contributed by atoms with E-state index < -0.39 is 21.7 Å². The Bertz CT molecular complexity index is 453. The van der Waals surface area contributed by atoms with E-state index >= 15 is 0 Å². The van der Waals surface area contributed by atoms with Gasteiger partial charge in [0.2, 0.25) is 0 Å². The molecule has 0 radical (unpaired) electrons. The average molecular weight is 236 g/mol. The number of hydrogen-bond donors (Lipinski definition) is 0. The van der Waals surface area contributed by atoms with E-state index in [9.17, 15) is 9.59 Å². The van der Waals surface area contributed by atoms with Crippen LogP contribution in [-0.2, 0) is 9.16 Å². The number of hydrogen-bond acceptors (Lipinski definition) is 4. The van der Waals surface area contributed by atoms with E-state index in [-0.39, 0.29) is 6.10 Å². The SMILES string of the molecule is CC(C)O[SiH2]c1cccc2c1C(=O)OC2=O. The van der Waals surface area contributed by atoms with Gasteiger partial charge in [0.25, 0.3) is 0 Å². The fourth-order valence-electron chi connectivity index (χ4n) is 1.58. The Kier molecular flexibility index (Phi) is 2.89. The van der Waals surface area contributed by atoms with Gasteiger partial charge in [0, 0.05) is 6.10 Å². The number of carbonyl (C=O) groups is 2. The Morgan fingerprint density at radius 1 is 1.25 bits per heavy atom. The zero-order valence-electron chi connectivity index (χ0n) is 9.15. The molecule has 0 aliphatic carbocycles. The minimum atomic E-state index is -0.988. The van der Waals surface area contributed by atoms with Crippen LogP contribution in [0.2, 0.25) is 0 Å². The van der Waals surface area contributed by atoms with Crippen LogP contribution in [0, 0.1) is 0 Å². The van der Waals surface area contributed by atoms with E-state index in [1.54, 1.807) is 12.1 Å². The summed E-state index contributed by atoms with van der Waals surface area (Å²) in [4.78, 5) is 22.8. The molecule has 1 aliphatic heterocycles. The van der Waals surface area contributed by atoms with Crippen LogP contribution in [0.3, 0.4) is 0 Å². The fraction of sp³-hybridized carbons (Fsp3) is 0.273. The first-order valence-corrected chi connectivity index (χ1v) is 6.38.